The summed E-state index contributed by atoms with van der Waals surface area (Å²) in [4.78, 5) is 20.9. The Kier molecular flexibility index (Phi) is 9.24. The van der Waals surface area contributed by atoms with E-state index in [4.69, 9.17) is 4.89 Å². The fourth-order valence-electron chi connectivity index (χ4n) is 1.80. The monoisotopic (exact) mass is 276 g/mol. The molecule has 3 heteroatoms. The summed E-state index contributed by atoms with van der Waals surface area (Å²) in [6.07, 6.45) is 10.2. The van der Waals surface area contributed by atoms with Crippen molar-refractivity contribution < 1.29 is 14.6 Å². The van der Waals surface area contributed by atoms with E-state index < -0.39 is 5.97 Å². The highest BCUT2D eigenvalue weighted by molar-refractivity contribution is 5.86. The molecule has 0 spiro atoms. The molecule has 0 N–H and O–H groups in total. The third-order valence-electron chi connectivity index (χ3n) is 2.93. The number of hydrogen-bond donors (Lipinski definition) is 0. The second-order valence-electron chi connectivity index (χ2n) is 4.74. The van der Waals surface area contributed by atoms with Crippen molar-refractivity contribution in [1.82, 2.24) is 0 Å². The number of carbonyl (C=O) groups excluding carboxylic acids is 1. The van der Waals surface area contributed by atoms with E-state index >= 15 is 0 Å². The lowest BCUT2D eigenvalue weighted by atomic mass is 10.1. The van der Waals surface area contributed by atoms with Gasteiger partial charge in [-0.25, -0.2) is 4.79 Å². The molecule has 1 aromatic rings. The van der Waals surface area contributed by atoms with Gasteiger partial charge in [0.1, 0.15) is 0 Å². The third kappa shape index (κ3) is 8.48. The summed E-state index contributed by atoms with van der Waals surface area (Å²) in [5.74, 6) is -0.472. The number of hydrogen-bond acceptors (Lipinski definition) is 3. The van der Waals surface area contributed by atoms with Crippen LogP contribution >= 0.6 is 0 Å². The van der Waals surface area contributed by atoms with Crippen LogP contribution in [0.25, 0.3) is 6.08 Å². The Hall–Kier alpha value is -1.61. The van der Waals surface area contributed by atoms with Crippen LogP contribution in [0, 0.1) is 0 Å². The SMILES string of the molecule is CCCCCCCCOOC(=O)C=Cc1ccccc1. The highest BCUT2D eigenvalue weighted by atomic mass is 17.2. The molecule has 0 aliphatic carbocycles. The standard InChI is InChI=1S/C17H24O3/c1-2-3-4-5-6-10-15-19-20-17(18)14-13-16-11-8-7-9-12-16/h7-9,11-14H,2-6,10,15H2,1H3. The Balaban J connectivity index is 2.02. The molecule has 0 bridgehead atoms. The van der Waals surface area contributed by atoms with E-state index in [2.05, 4.69) is 11.8 Å². The molecule has 0 heterocycles. The van der Waals surface area contributed by atoms with Gasteiger partial charge < -0.3 is 0 Å². The molecule has 0 amide bonds. The molecule has 0 aliphatic rings. The second kappa shape index (κ2) is 11.2. The molecule has 0 saturated heterocycles. The first kappa shape index (κ1) is 16.4. The largest absolute Gasteiger partial charge is 0.365 e. The van der Waals surface area contributed by atoms with Crippen LogP contribution in [-0.2, 0) is 14.6 Å². The van der Waals surface area contributed by atoms with Gasteiger partial charge in [0.25, 0.3) is 0 Å². The quantitative estimate of drug-likeness (QED) is 0.272. The summed E-state index contributed by atoms with van der Waals surface area (Å²) >= 11 is 0. The summed E-state index contributed by atoms with van der Waals surface area (Å²) in [5.41, 5.74) is 0.959. The van der Waals surface area contributed by atoms with Crippen LogP contribution in [0.3, 0.4) is 0 Å². The van der Waals surface area contributed by atoms with Crippen molar-refractivity contribution in [2.45, 2.75) is 45.4 Å². The number of carbonyl (C=O) groups is 1. The first-order valence-electron chi connectivity index (χ1n) is 7.39. The van der Waals surface area contributed by atoms with Gasteiger partial charge in [-0.3, -0.25) is 4.89 Å². The maximum absolute atomic E-state index is 11.4. The third-order valence-corrected chi connectivity index (χ3v) is 2.93. The number of unbranched alkanes of at least 4 members (excludes halogenated alkanes) is 5. The van der Waals surface area contributed by atoms with Gasteiger partial charge in [-0.05, 0) is 18.1 Å². The van der Waals surface area contributed by atoms with E-state index in [0.29, 0.717) is 6.61 Å². The van der Waals surface area contributed by atoms with Crippen molar-refractivity contribution in [3.05, 3.63) is 42.0 Å². The van der Waals surface area contributed by atoms with Crippen LogP contribution in [0.15, 0.2) is 36.4 Å². The minimum absolute atomic E-state index is 0.469. The van der Waals surface area contributed by atoms with E-state index in [0.717, 1.165) is 18.4 Å². The summed E-state index contributed by atoms with van der Waals surface area (Å²) in [6.45, 7) is 2.67. The lowest BCUT2D eigenvalue weighted by Crippen LogP contribution is -2.03. The first-order chi connectivity index (χ1) is 9.83. The molecule has 0 aliphatic heterocycles. The van der Waals surface area contributed by atoms with Gasteiger partial charge in [0.15, 0.2) is 0 Å². The van der Waals surface area contributed by atoms with E-state index in [1.165, 1.54) is 31.8 Å². The van der Waals surface area contributed by atoms with Crippen LogP contribution in [0.5, 0.6) is 0 Å². The first-order valence-corrected chi connectivity index (χ1v) is 7.39. The van der Waals surface area contributed by atoms with Crippen molar-refractivity contribution >= 4 is 12.0 Å². The molecule has 0 fully saturated rings. The van der Waals surface area contributed by atoms with Gasteiger partial charge in [-0.2, -0.15) is 4.89 Å². The van der Waals surface area contributed by atoms with Crippen LogP contribution in [0.2, 0.25) is 0 Å². The smallest absolute Gasteiger partial charge is 0.294 e. The highest BCUT2D eigenvalue weighted by Crippen LogP contribution is 2.05. The van der Waals surface area contributed by atoms with Crippen molar-refractivity contribution in [3.63, 3.8) is 0 Å². The van der Waals surface area contributed by atoms with Gasteiger partial charge in [-0.1, -0.05) is 69.4 Å². The predicted octanol–water partition coefficient (Wildman–Crippen LogP) is 4.54. The lowest BCUT2D eigenvalue weighted by Gasteiger charge is -2.01. The fraction of sp³-hybridized carbons (Fsp3) is 0.471. The molecular weight excluding hydrogens is 252 g/mol. The summed E-state index contributed by atoms with van der Waals surface area (Å²) in [5, 5.41) is 0. The van der Waals surface area contributed by atoms with Crippen LogP contribution in [-0.4, -0.2) is 12.6 Å². The van der Waals surface area contributed by atoms with Crippen molar-refractivity contribution in [2.75, 3.05) is 6.61 Å². The molecule has 3 nitrogen and oxygen atoms in total. The van der Waals surface area contributed by atoms with Crippen molar-refractivity contribution in [2.24, 2.45) is 0 Å². The zero-order chi connectivity index (χ0) is 14.5. The van der Waals surface area contributed by atoms with Gasteiger partial charge in [0.2, 0.25) is 0 Å². The van der Waals surface area contributed by atoms with Crippen molar-refractivity contribution in [1.29, 1.82) is 0 Å². The molecule has 110 valence electrons. The predicted molar refractivity (Wildman–Crippen MR) is 80.9 cm³/mol. The Morgan fingerprint density at radius 2 is 1.75 bits per heavy atom. The molecule has 0 atom stereocenters. The zero-order valence-corrected chi connectivity index (χ0v) is 12.2. The maximum Gasteiger partial charge on any atom is 0.365 e. The van der Waals surface area contributed by atoms with E-state index in [-0.39, 0.29) is 0 Å². The van der Waals surface area contributed by atoms with Crippen LogP contribution < -0.4 is 0 Å². The van der Waals surface area contributed by atoms with Gasteiger partial charge >= 0.3 is 5.97 Å². The van der Waals surface area contributed by atoms with Crippen molar-refractivity contribution in [3.8, 4) is 0 Å². The Bertz CT molecular complexity index is 384. The van der Waals surface area contributed by atoms with E-state index in [1.54, 1.807) is 6.08 Å². The molecule has 0 radical (unpaired) electrons. The second-order valence-corrected chi connectivity index (χ2v) is 4.74. The average Bonchev–Trinajstić information content (AvgIpc) is 2.49. The summed E-state index contributed by atoms with van der Waals surface area (Å²) in [6, 6.07) is 9.60. The fourth-order valence-corrected chi connectivity index (χ4v) is 1.80. The minimum Gasteiger partial charge on any atom is -0.294 e. The molecular formula is C17H24O3. The number of rotatable bonds is 10. The average molecular weight is 276 g/mol. The Labute approximate surface area is 121 Å². The Morgan fingerprint density at radius 3 is 2.50 bits per heavy atom. The highest BCUT2D eigenvalue weighted by Gasteiger charge is 1.98. The normalized spacial score (nSPS) is 10.8. The van der Waals surface area contributed by atoms with E-state index in [9.17, 15) is 4.79 Å². The summed E-state index contributed by atoms with van der Waals surface area (Å²) in [7, 11) is 0. The molecule has 1 aromatic carbocycles. The molecule has 20 heavy (non-hydrogen) atoms. The van der Waals surface area contributed by atoms with E-state index in [1.807, 2.05) is 30.3 Å². The van der Waals surface area contributed by atoms with Crippen LogP contribution in [0.4, 0.5) is 0 Å². The number of benzene rings is 1. The Morgan fingerprint density at radius 1 is 1.05 bits per heavy atom. The van der Waals surface area contributed by atoms with Gasteiger partial charge in [0.05, 0.1) is 6.61 Å². The zero-order valence-electron chi connectivity index (χ0n) is 12.2. The molecule has 1 rings (SSSR count). The minimum atomic E-state index is -0.472. The van der Waals surface area contributed by atoms with Gasteiger partial charge in [-0.15, -0.1) is 0 Å². The molecule has 0 saturated carbocycles. The lowest BCUT2D eigenvalue weighted by molar-refractivity contribution is -0.267. The summed E-state index contributed by atoms with van der Waals surface area (Å²) < 4.78 is 0. The maximum atomic E-state index is 11.4. The molecule has 0 aromatic heterocycles. The van der Waals surface area contributed by atoms with Crippen LogP contribution in [0.1, 0.15) is 51.0 Å². The topological polar surface area (TPSA) is 35.5 Å². The molecule has 0 unspecified atom stereocenters. The van der Waals surface area contributed by atoms with Gasteiger partial charge in [0, 0.05) is 6.08 Å².